The Morgan fingerprint density at radius 1 is 0.880 bits per heavy atom. The minimum Gasteiger partial charge on any atom is -0.493 e. The molecule has 1 aliphatic heterocycles. The van der Waals surface area contributed by atoms with E-state index in [1.165, 1.54) is 17.5 Å². The number of halogens is 1. The summed E-state index contributed by atoms with van der Waals surface area (Å²) in [5.74, 6) is 1.02. The third-order valence-corrected chi connectivity index (χ3v) is 4.44. The van der Waals surface area contributed by atoms with Gasteiger partial charge in [-0.05, 0) is 36.6 Å². The predicted molar refractivity (Wildman–Crippen MR) is 105 cm³/mol. The molecule has 2 aromatic carbocycles. The van der Waals surface area contributed by atoms with E-state index in [0.29, 0.717) is 0 Å². The van der Waals surface area contributed by atoms with Crippen molar-refractivity contribution in [1.82, 2.24) is 4.90 Å². The van der Waals surface area contributed by atoms with Crippen LogP contribution in [0.2, 0.25) is 0 Å². The van der Waals surface area contributed by atoms with E-state index in [-0.39, 0.29) is 12.4 Å². The number of rotatable bonds is 8. The van der Waals surface area contributed by atoms with Crippen molar-refractivity contribution in [2.75, 3.05) is 39.5 Å². The molecule has 0 amide bonds. The van der Waals surface area contributed by atoms with E-state index >= 15 is 0 Å². The van der Waals surface area contributed by atoms with Crippen LogP contribution in [0.15, 0.2) is 54.6 Å². The van der Waals surface area contributed by atoms with Crippen LogP contribution in [0.3, 0.4) is 0 Å². The SMILES string of the molecule is Cl.c1ccc(Cc2ccccc2OCCCCN2CCOCC2)cc1. The summed E-state index contributed by atoms with van der Waals surface area (Å²) in [5, 5.41) is 0. The first-order valence-corrected chi connectivity index (χ1v) is 8.96. The molecule has 3 nitrogen and oxygen atoms in total. The minimum atomic E-state index is 0. The van der Waals surface area contributed by atoms with Crippen LogP contribution >= 0.6 is 12.4 Å². The van der Waals surface area contributed by atoms with Crippen molar-refractivity contribution in [3.8, 4) is 5.75 Å². The van der Waals surface area contributed by atoms with Crippen LogP contribution in [0.4, 0.5) is 0 Å². The molecule has 4 heteroatoms. The Balaban J connectivity index is 0.00000225. The van der Waals surface area contributed by atoms with Crippen molar-refractivity contribution in [2.24, 2.45) is 0 Å². The molecule has 25 heavy (non-hydrogen) atoms. The molecule has 1 fully saturated rings. The maximum absolute atomic E-state index is 6.06. The number of ether oxygens (including phenoxy) is 2. The molecule has 0 atom stereocenters. The molecule has 0 unspecified atom stereocenters. The Morgan fingerprint density at radius 3 is 2.40 bits per heavy atom. The molecule has 0 spiro atoms. The maximum atomic E-state index is 6.06. The fourth-order valence-corrected chi connectivity index (χ4v) is 3.05. The summed E-state index contributed by atoms with van der Waals surface area (Å²) in [6.45, 7) is 5.84. The molecule has 0 aromatic heterocycles. The monoisotopic (exact) mass is 361 g/mol. The van der Waals surface area contributed by atoms with E-state index in [9.17, 15) is 0 Å². The summed E-state index contributed by atoms with van der Waals surface area (Å²) < 4.78 is 11.4. The number of unbranched alkanes of at least 4 members (excludes halogenated alkanes) is 1. The van der Waals surface area contributed by atoms with E-state index in [1.54, 1.807) is 0 Å². The molecule has 1 saturated heterocycles. The Bertz CT molecular complexity index is 600. The Kier molecular flexibility index (Phi) is 8.81. The number of nitrogens with zero attached hydrogens (tertiary/aromatic N) is 1. The summed E-state index contributed by atoms with van der Waals surface area (Å²) in [6.07, 6.45) is 3.20. The van der Waals surface area contributed by atoms with Gasteiger partial charge in [0.2, 0.25) is 0 Å². The summed E-state index contributed by atoms with van der Waals surface area (Å²) in [4.78, 5) is 2.48. The zero-order valence-corrected chi connectivity index (χ0v) is 15.5. The van der Waals surface area contributed by atoms with Crippen LogP contribution < -0.4 is 4.74 Å². The summed E-state index contributed by atoms with van der Waals surface area (Å²) in [7, 11) is 0. The Morgan fingerprint density at radius 2 is 1.60 bits per heavy atom. The molecule has 0 aliphatic carbocycles. The Hall–Kier alpha value is -1.55. The van der Waals surface area contributed by atoms with E-state index < -0.39 is 0 Å². The highest BCUT2D eigenvalue weighted by Gasteiger charge is 2.09. The standard InChI is InChI=1S/C21H27NO2.ClH/c1-2-8-19(9-3-1)18-20-10-4-5-11-21(20)24-15-7-6-12-22-13-16-23-17-14-22;/h1-5,8-11H,6-7,12-18H2;1H. The molecule has 0 radical (unpaired) electrons. The first-order valence-electron chi connectivity index (χ1n) is 8.96. The second kappa shape index (κ2) is 11.1. The fraction of sp³-hybridized carbons (Fsp3) is 0.429. The highest BCUT2D eigenvalue weighted by atomic mass is 35.5. The average molecular weight is 362 g/mol. The molecule has 0 bridgehead atoms. The van der Waals surface area contributed by atoms with Crippen molar-refractivity contribution >= 4 is 12.4 Å². The number of para-hydroxylation sites is 1. The Labute approximate surface area is 157 Å². The molecule has 1 aliphatic rings. The number of hydrogen-bond donors (Lipinski definition) is 0. The van der Waals surface area contributed by atoms with Gasteiger partial charge in [0.05, 0.1) is 19.8 Å². The zero-order chi connectivity index (χ0) is 16.5. The van der Waals surface area contributed by atoms with Gasteiger partial charge < -0.3 is 9.47 Å². The molecule has 136 valence electrons. The smallest absolute Gasteiger partial charge is 0.122 e. The van der Waals surface area contributed by atoms with Crippen molar-refractivity contribution in [2.45, 2.75) is 19.3 Å². The second-order valence-electron chi connectivity index (χ2n) is 6.28. The number of morpholine rings is 1. The van der Waals surface area contributed by atoms with E-state index in [0.717, 1.165) is 58.0 Å². The molecule has 0 N–H and O–H groups in total. The average Bonchev–Trinajstić information content (AvgIpc) is 2.64. The molecular weight excluding hydrogens is 334 g/mol. The molecule has 1 heterocycles. The maximum Gasteiger partial charge on any atom is 0.122 e. The number of hydrogen-bond acceptors (Lipinski definition) is 3. The summed E-state index contributed by atoms with van der Waals surface area (Å²) in [6, 6.07) is 18.9. The summed E-state index contributed by atoms with van der Waals surface area (Å²) >= 11 is 0. The zero-order valence-electron chi connectivity index (χ0n) is 14.7. The molecular formula is C21H28ClNO2. The number of benzene rings is 2. The van der Waals surface area contributed by atoms with Crippen LogP contribution in [-0.4, -0.2) is 44.4 Å². The molecule has 3 rings (SSSR count). The van der Waals surface area contributed by atoms with Crippen molar-refractivity contribution in [3.05, 3.63) is 65.7 Å². The van der Waals surface area contributed by atoms with Gasteiger partial charge in [0.1, 0.15) is 5.75 Å². The van der Waals surface area contributed by atoms with Crippen LogP contribution in [0.5, 0.6) is 5.75 Å². The lowest BCUT2D eigenvalue weighted by molar-refractivity contribution is 0.0368. The van der Waals surface area contributed by atoms with Gasteiger partial charge in [-0.1, -0.05) is 48.5 Å². The first kappa shape index (κ1) is 19.8. The van der Waals surface area contributed by atoms with Crippen LogP contribution in [-0.2, 0) is 11.2 Å². The lowest BCUT2D eigenvalue weighted by Gasteiger charge is -2.26. The highest BCUT2D eigenvalue weighted by Crippen LogP contribution is 2.21. The lowest BCUT2D eigenvalue weighted by Crippen LogP contribution is -2.36. The minimum absolute atomic E-state index is 0. The largest absolute Gasteiger partial charge is 0.493 e. The van der Waals surface area contributed by atoms with E-state index in [2.05, 4.69) is 59.5 Å². The van der Waals surface area contributed by atoms with Crippen molar-refractivity contribution in [3.63, 3.8) is 0 Å². The first-order chi connectivity index (χ1) is 11.9. The van der Waals surface area contributed by atoms with E-state index in [4.69, 9.17) is 9.47 Å². The molecule has 2 aromatic rings. The van der Waals surface area contributed by atoms with Gasteiger partial charge in [0.25, 0.3) is 0 Å². The van der Waals surface area contributed by atoms with Crippen molar-refractivity contribution in [1.29, 1.82) is 0 Å². The second-order valence-corrected chi connectivity index (χ2v) is 6.28. The van der Waals surface area contributed by atoms with Gasteiger partial charge in [-0.2, -0.15) is 0 Å². The van der Waals surface area contributed by atoms with Crippen LogP contribution in [0.25, 0.3) is 0 Å². The molecule has 0 saturated carbocycles. The topological polar surface area (TPSA) is 21.7 Å². The highest BCUT2D eigenvalue weighted by molar-refractivity contribution is 5.85. The van der Waals surface area contributed by atoms with Gasteiger partial charge >= 0.3 is 0 Å². The van der Waals surface area contributed by atoms with Gasteiger partial charge in [-0.15, -0.1) is 12.4 Å². The third kappa shape index (κ3) is 6.69. The summed E-state index contributed by atoms with van der Waals surface area (Å²) in [5.41, 5.74) is 2.58. The van der Waals surface area contributed by atoms with Gasteiger partial charge in [-0.3, -0.25) is 4.90 Å². The van der Waals surface area contributed by atoms with Crippen molar-refractivity contribution < 1.29 is 9.47 Å². The van der Waals surface area contributed by atoms with Gasteiger partial charge in [0, 0.05) is 19.5 Å². The van der Waals surface area contributed by atoms with Gasteiger partial charge in [0.15, 0.2) is 0 Å². The predicted octanol–water partition coefficient (Wildman–Crippen LogP) is 4.19. The quantitative estimate of drug-likeness (QED) is 0.658. The lowest BCUT2D eigenvalue weighted by atomic mass is 10.0. The normalized spacial score (nSPS) is 14.7. The van der Waals surface area contributed by atoms with Crippen LogP contribution in [0, 0.1) is 0 Å². The third-order valence-electron chi connectivity index (χ3n) is 4.44. The fourth-order valence-electron chi connectivity index (χ4n) is 3.05. The van der Waals surface area contributed by atoms with E-state index in [1.807, 2.05) is 0 Å². The van der Waals surface area contributed by atoms with Crippen LogP contribution in [0.1, 0.15) is 24.0 Å². The van der Waals surface area contributed by atoms with Gasteiger partial charge in [-0.25, -0.2) is 0 Å².